The Hall–Kier alpha value is -2.81. The third-order valence-electron chi connectivity index (χ3n) is 4.85. The van der Waals surface area contributed by atoms with Crippen LogP contribution in [-0.4, -0.2) is 23.5 Å². The van der Waals surface area contributed by atoms with Crippen LogP contribution in [0.5, 0.6) is 11.5 Å². The molecule has 1 aromatic carbocycles. The van der Waals surface area contributed by atoms with Gasteiger partial charge in [0.15, 0.2) is 17.3 Å². The van der Waals surface area contributed by atoms with E-state index >= 15 is 0 Å². The number of hydrogen-bond donors (Lipinski definition) is 0. The van der Waals surface area contributed by atoms with Crippen LogP contribution in [0.4, 0.5) is 5.82 Å². The van der Waals surface area contributed by atoms with Crippen LogP contribution >= 0.6 is 0 Å². The number of fused-ring (bicyclic) bond motifs is 1. The molecule has 122 valence electrons. The highest BCUT2D eigenvalue weighted by atomic mass is 16.7. The summed E-state index contributed by atoms with van der Waals surface area (Å²) in [5, 5.41) is 18.2. The first-order valence-corrected chi connectivity index (χ1v) is 8.09. The molecule has 0 N–H and O–H groups in total. The number of aromatic nitrogens is 2. The van der Waals surface area contributed by atoms with Crippen LogP contribution < -0.4 is 14.4 Å². The number of aryl methyl sites for hydroxylation is 1. The standard InChI is InChI=1S/C18H18N4O2/c1-11-12(2)20-21-18(14(11)9-19)22-7-3-4-15(22)13-5-6-16-17(8-13)24-10-23-16/h5-6,8,15H,3-4,7,10H2,1-2H3. The van der Waals surface area contributed by atoms with E-state index in [9.17, 15) is 5.26 Å². The van der Waals surface area contributed by atoms with E-state index in [2.05, 4.69) is 27.2 Å². The van der Waals surface area contributed by atoms with E-state index in [0.717, 1.165) is 47.7 Å². The van der Waals surface area contributed by atoms with Gasteiger partial charge in [-0.25, -0.2) is 0 Å². The largest absolute Gasteiger partial charge is 0.454 e. The second kappa shape index (κ2) is 5.68. The number of hydrogen-bond acceptors (Lipinski definition) is 6. The average Bonchev–Trinajstić information content (AvgIpc) is 3.25. The predicted octanol–water partition coefficient (Wildman–Crippen LogP) is 3.04. The van der Waals surface area contributed by atoms with Crippen LogP contribution in [0.2, 0.25) is 0 Å². The van der Waals surface area contributed by atoms with Crippen molar-refractivity contribution in [3.8, 4) is 17.6 Å². The van der Waals surface area contributed by atoms with Crippen LogP contribution in [0.15, 0.2) is 18.2 Å². The fourth-order valence-electron chi connectivity index (χ4n) is 3.42. The molecule has 6 heteroatoms. The Morgan fingerprint density at radius 3 is 2.88 bits per heavy atom. The second-order valence-corrected chi connectivity index (χ2v) is 6.18. The van der Waals surface area contributed by atoms with Crippen molar-refractivity contribution < 1.29 is 9.47 Å². The molecule has 0 saturated carbocycles. The van der Waals surface area contributed by atoms with Gasteiger partial charge >= 0.3 is 0 Å². The maximum absolute atomic E-state index is 9.59. The van der Waals surface area contributed by atoms with E-state index < -0.39 is 0 Å². The molecule has 3 heterocycles. The lowest BCUT2D eigenvalue weighted by Crippen LogP contribution is -2.25. The molecule has 2 aliphatic heterocycles. The smallest absolute Gasteiger partial charge is 0.231 e. The molecule has 1 aromatic heterocycles. The first-order valence-electron chi connectivity index (χ1n) is 8.09. The van der Waals surface area contributed by atoms with Gasteiger partial charge in [-0.15, -0.1) is 5.10 Å². The number of benzene rings is 1. The summed E-state index contributed by atoms with van der Waals surface area (Å²) in [7, 11) is 0. The van der Waals surface area contributed by atoms with Gasteiger partial charge in [0, 0.05) is 6.54 Å². The van der Waals surface area contributed by atoms with Gasteiger partial charge in [-0.3, -0.25) is 0 Å². The molecule has 24 heavy (non-hydrogen) atoms. The van der Waals surface area contributed by atoms with Gasteiger partial charge in [0.05, 0.1) is 11.7 Å². The Kier molecular flexibility index (Phi) is 3.49. The molecule has 0 spiro atoms. The Bertz CT molecular complexity index is 844. The molecule has 1 atom stereocenters. The van der Waals surface area contributed by atoms with Gasteiger partial charge in [-0.2, -0.15) is 10.4 Å². The lowest BCUT2D eigenvalue weighted by Gasteiger charge is -2.27. The molecule has 6 nitrogen and oxygen atoms in total. The monoisotopic (exact) mass is 322 g/mol. The summed E-state index contributed by atoms with van der Waals surface area (Å²) in [4.78, 5) is 2.19. The van der Waals surface area contributed by atoms with Crippen molar-refractivity contribution >= 4 is 5.82 Å². The second-order valence-electron chi connectivity index (χ2n) is 6.18. The van der Waals surface area contributed by atoms with E-state index in [0.29, 0.717) is 11.4 Å². The fraction of sp³-hybridized carbons (Fsp3) is 0.389. The highest BCUT2D eigenvalue weighted by Gasteiger charge is 2.31. The number of nitriles is 1. The zero-order valence-electron chi connectivity index (χ0n) is 13.7. The summed E-state index contributed by atoms with van der Waals surface area (Å²) in [6, 6.07) is 8.53. The highest BCUT2D eigenvalue weighted by Crippen LogP contribution is 2.41. The van der Waals surface area contributed by atoms with Crippen molar-refractivity contribution in [1.82, 2.24) is 10.2 Å². The fourth-order valence-corrected chi connectivity index (χ4v) is 3.42. The predicted molar refractivity (Wildman–Crippen MR) is 88.1 cm³/mol. The Balaban J connectivity index is 1.74. The molecule has 0 aliphatic carbocycles. The molecule has 0 radical (unpaired) electrons. The lowest BCUT2D eigenvalue weighted by atomic mass is 10.0. The van der Waals surface area contributed by atoms with E-state index in [1.54, 1.807) is 0 Å². The topological polar surface area (TPSA) is 71.3 Å². The minimum atomic E-state index is 0.169. The van der Waals surface area contributed by atoms with Gasteiger partial charge in [-0.05, 0) is 49.9 Å². The Morgan fingerprint density at radius 2 is 2.04 bits per heavy atom. The zero-order valence-corrected chi connectivity index (χ0v) is 13.7. The quantitative estimate of drug-likeness (QED) is 0.846. The van der Waals surface area contributed by atoms with E-state index in [-0.39, 0.29) is 12.8 Å². The summed E-state index contributed by atoms with van der Waals surface area (Å²) < 4.78 is 10.9. The van der Waals surface area contributed by atoms with Crippen molar-refractivity contribution in [3.05, 3.63) is 40.6 Å². The van der Waals surface area contributed by atoms with Crippen LogP contribution in [0.25, 0.3) is 0 Å². The summed E-state index contributed by atoms with van der Waals surface area (Å²) in [5.41, 5.74) is 3.48. The van der Waals surface area contributed by atoms with Crippen LogP contribution in [0.3, 0.4) is 0 Å². The molecule has 1 saturated heterocycles. The van der Waals surface area contributed by atoms with Crippen LogP contribution in [0, 0.1) is 25.2 Å². The van der Waals surface area contributed by atoms with Crippen LogP contribution in [-0.2, 0) is 0 Å². The van der Waals surface area contributed by atoms with Crippen molar-refractivity contribution in [2.45, 2.75) is 32.7 Å². The SMILES string of the molecule is Cc1nnc(N2CCCC2c2ccc3c(c2)OCO3)c(C#N)c1C. The number of rotatable bonds is 2. The first-order chi connectivity index (χ1) is 11.7. The molecule has 2 aliphatic rings. The van der Waals surface area contributed by atoms with Gasteiger partial charge in [0.1, 0.15) is 11.6 Å². The Morgan fingerprint density at radius 1 is 1.21 bits per heavy atom. The van der Waals surface area contributed by atoms with Gasteiger partial charge in [0.2, 0.25) is 6.79 Å². The van der Waals surface area contributed by atoms with Crippen LogP contribution in [0.1, 0.15) is 41.3 Å². The molecule has 1 unspecified atom stereocenters. The summed E-state index contributed by atoms with van der Waals surface area (Å²) >= 11 is 0. The van der Waals surface area contributed by atoms with Crippen molar-refractivity contribution in [2.75, 3.05) is 18.2 Å². The maximum atomic E-state index is 9.59. The molecule has 0 bridgehead atoms. The minimum absolute atomic E-state index is 0.169. The molecule has 2 aromatic rings. The lowest BCUT2D eigenvalue weighted by molar-refractivity contribution is 0.174. The summed E-state index contributed by atoms with van der Waals surface area (Å²) in [6.07, 6.45) is 2.07. The molecule has 1 fully saturated rings. The Labute approximate surface area is 140 Å². The average molecular weight is 322 g/mol. The van der Waals surface area contributed by atoms with Gasteiger partial charge in [0.25, 0.3) is 0 Å². The van der Waals surface area contributed by atoms with Gasteiger partial charge < -0.3 is 14.4 Å². The number of nitrogens with zero attached hydrogens (tertiary/aromatic N) is 4. The zero-order chi connectivity index (χ0) is 16.7. The van der Waals surface area contributed by atoms with E-state index in [1.807, 2.05) is 26.0 Å². The third-order valence-corrected chi connectivity index (χ3v) is 4.85. The highest BCUT2D eigenvalue weighted by molar-refractivity contribution is 5.59. The van der Waals surface area contributed by atoms with E-state index in [4.69, 9.17) is 9.47 Å². The summed E-state index contributed by atoms with van der Waals surface area (Å²) in [5.74, 6) is 2.25. The first kappa shape index (κ1) is 14.8. The maximum Gasteiger partial charge on any atom is 0.231 e. The van der Waals surface area contributed by atoms with E-state index in [1.165, 1.54) is 0 Å². The minimum Gasteiger partial charge on any atom is -0.454 e. The molecule has 4 rings (SSSR count). The van der Waals surface area contributed by atoms with Gasteiger partial charge in [-0.1, -0.05) is 6.07 Å². The number of anilines is 1. The molecular formula is C18H18N4O2. The number of ether oxygens (including phenoxy) is 2. The normalized spacial score (nSPS) is 18.7. The molecular weight excluding hydrogens is 304 g/mol. The third kappa shape index (κ3) is 2.24. The van der Waals surface area contributed by atoms with Crippen molar-refractivity contribution in [2.24, 2.45) is 0 Å². The van der Waals surface area contributed by atoms with Crippen molar-refractivity contribution in [3.63, 3.8) is 0 Å². The van der Waals surface area contributed by atoms with Crippen molar-refractivity contribution in [1.29, 1.82) is 5.26 Å². The molecule has 0 amide bonds. The summed E-state index contributed by atoms with van der Waals surface area (Å²) in [6.45, 7) is 4.95.